The number of thiophene rings is 1. The number of aliphatic imine (C=N–C) groups is 1. The minimum Gasteiger partial charge on any atom is -0.490 e. The van der Waals surface area contributed by atoms with Crippen LogP contribution in [0.25, 0.3) is 16.4 Å². The van der Waals surface area contributed by atoms with Crippen molar-refractivity contribution in [3.05, 3.63) is 135 Å². The summed E-state index contributed by atoms with van der Waals surface area (Å²) in [6.07, 6.45) is 4.87. The van der Waals surface area contributed by atoms with Crippen LogP contribution in [0, 0.1) is 26.2 Å². The van der Waals surface area contributed by atoms with Crippen molar-refractivity contribution in [3.8, 4) is 22.1 Å². The first kappa shape index (κ1) is 50.7. The number of carbonyl (C=O) groups is 3. The maximum absolute atomic E-state index is 14.4. The quantitative estimate of drug-likeness (QED) is 0.0791. The number of aliphatic hydroxyl groups excluding tert-OH is 1. The van der Waals surface area contributed by atoms with Gasteiger partial charge in [0.1, 0.15) is 40.6 Å². The molecule has 378 valence electrons. The predicted octanol–water partition coefficient (Wildman–Crippen LogP) is 8.09. The smallest absolute Gasteiger partial charge is 0.246 e. The van der Waals surface area contributed by atoms with Gasteiger partial charge in [-0.05, 0) is 87.4 Å². The lowest BCUT2D eigenvalue weighted by atomic mass is 9.85. The summed E-state index contributed by atoms with van der Waals surface area (Å²) >= 11 is 7.95. The third kappa shape index (κ3) is 10.8. The molecule has 3 amide bonds. The standard InChI is InChI=1S/C55H65ClN10O5S/c1-30-33(4)72-54-48(30)49(37-16-18-39(56)19-17-37)60-44(52-63-62-34(5)66(52)54)28-47(69)59-40-25-43(26-40)71-42-20-10-35(11-21-42)24-46(68)61-50(55(6,7)8)53(70)65-29-41(67)27-45(65)32(3)58-31(2)36-12-14-38(15-13-36)51-57-22-23-64(51)9/h10-23,31-32,40-41,43-45,50,58,67H,24-29H2,1-9H3,(H,59,69)(H,61,68)/t31-,32?,40-,41+,43-,44-,45?,50+/m0/s1. The largest absolute Gasteiger partial charge is 0.490 e. The van der Waals surface area contributed by atoms with E-state index < -0.39 is 23.6 Å². The van der Waals surface area contributed by atoms with Crippen LogP contribution in [0.2, 0.25) is 5.02 Å². The van der Waals surface area contributed by atoms with Gasteiger partial charge in [0.25, 0.3) is 0 Å². The predicted molar refractivity (Wildman–Crippen MR) is 281 cm³/mol. The number of amides is 3. The number of nitrogens with one attached hydrogen (secondary N) is 3. The molecule has 9 rings (SSSR count). The van der Waals surface area contributed by atoms with Gasteiger partial charge in [0, 0.05) is 89.6 Å². The van der Waals surface area contributed by atoms with Crippen molar-refractivity contribution < 1.29 is 24.2 Å². The molecule has 3 aliphatic rings. The SMILES string of the molecule is Cc1sc2c(c1C)C(c1ccc(Cl)cc1)=N[C@@H](CC(=O)N[C@H]1C[C@H](Oc3ccc(CC(=O)N[C@H](C(=O)N4C[C@H](O)CC4C(C)N[C@@H](C)c4ccc(-c5nccn5C)cc4)C(C)(C)C)cc3)C1)c1nnc(C)n1-2. The van der Waals surface area contributed by atoms with Gasteiger partial charge in [-0.3, -0.25) is 23.9 Å². The van der Waals surface area contributed by atoms with Crippen LogP contribution in [0.3, 0.4) is 0 Å². The van der Waals surface area contributed by atoms with E-state index in [-0.39, 0.29) is 67.4 Å². The van der Waals surface area contributed by atoms with Gasteiger partial charge in [0.05, 0.1) is 24.7 Å². The van der Waals surface area contributed by atoms with Gasteiger partial charge in [-0.1, -0.05) is 80.9 Å². The summed E-state index contributed by atoms with van der Waals surface area (Å²) in [7, 11) is 1.97. The molecule has 15 nitrogen and oxygen atoms in total. The van der Waals surface area contributed by atoms with Gasteiger partial charge in [0.2, 0.25) is 17.7 Å². The van der Waals surface area contributed by atoms with Crippen molar-refractivity contribution in [2.75, 3.05) is 6.54 Å². The molecule has 5 heterocycles. The van der Waals surface area contributed by atoms with Crippen molar-refractivity contribution in [1.82, 2.24) is 45.2 Å². The molecule has 6 atom stereocenters. The number of likely N-dealkylation sites (tertiary alicyclic amines) is 1. The second-order valence-corrected chi connectivity index (χ2v) is 22.5. The third-order valence-corrected chi connectivity index (χ3v) is 15.8. The molecule has 2 aliphatic heterocycles. The lowest BCUT2D eigenvalue weighted by Crippen LogP contribution is -2.58. The second-order valence-electron chi connectivity index (χ2n) is 20.9. The average molecular weight is 1010 g/mol. The number of nitrogens with zero attached hydrogens (tertiary/aromatic N) is 7. The van der Waals surface area contributed by atoms with E-state index in [2.05, 4.69) is 76.2 Å². The number of aliphatic hydroxyl groups is 1. The van der Waals surface area contributed by atoms with E-state index in [1.807, 2.05) is 106 Å². The molecular weight excluding hydrogens is 948 g/mol. The minimum atomic E-state index is -0.810. The van der Waals surface area contributed by atoms with E-state index in [9.17, 15) is 19.5 Å². The highest BCUT2D eigenvalue weighted by Gasteiger charge is 2.44. The number of β-amino-alcohol motifs (C(OH)–C–C–N with tert-alkyl or cyclic N) is 1. The van der Waals surface area contributed by atoms with Gasteiger partial charge in [-0.25, -0.2) is 4.98 Å². The molecule has 1 saturated carbocycles. The van der Waals surface area contributed by atoms with Crippen LogP contribution in [0.4, 0.5) is 0 Å². The highest BCUT2D eigenvalue weighted by atomic mass is 35.5. The Kier molecular flexibility index (Phi) is 14.6. The van der Waals surface area contributed by atoms with Crippen LogP contribution >= 0.6 is 22.9 Å². The van der Waals surface area contributed by atoms with Gasteiger partial charge in [-0.15, -0.1) is 21.5 Å². The molecule has 1 saturated heterocycles. The zero-order chi connectivity index (χ0) is 51.2. The molecule has 0 radical (unpaired) electrons. The number of ether oxygens (including phenoxy) is 1. The number of hydrogen-bond donors (Lipinski definition) is 4. The van der Waals surface area contributed by atoms with Gasteiger partial charge < -0.3 is 35.3 Å². The number of benzene rings is 3. The molecule has 6 aromatic rings. The number of halogens is 1. The van der Waals surface area contributed by atoms with E-state index in [0.717, 1.165) is 55.7 Å². The van der Waals surface area contributed by atoms with Gasteiger partial charge in [-0.2, -0.15) is 0 Å². The van der Waals surface area contributed by atoms with Crippen molar-refractivity contribution in [2.24, 2.45) is 17.5 Å². The van der Waals surface area contributed by atoms with Crippen molar-refractivity contribution in [3.63, 3.8) is 0 Å². The van der Waals surface area contributed by atoms with E-state index in [4.69, 9.17) is 21.3 Å². The molecule has 1 aliphatic carbocycles. The number of rotatable bonds is 15. The monoisotopic (exact) mass is 1010 g/mol. The molecular formula is C55H65ClN10O5S. The molecule has 2 fully saturated rings. The summed E-state index contributed by atoms with van der Waals surface area (Å²) < 4.78 is 10.3. The minimum absolute atomic E-state index is 0.0200. The van der Waals surface area contributed by atoms with Crippen LogP contribution in [-0.4, -0.2) is 101 Å². The van der Waals surface area contributed by atoms with Crippen LogP contribution in [0.5, 0.6) is 5.75 Å². The Hall–Kier alpha value is -6.20. The van der Waals surface area contributed by atoms with E-state index in [1.54, 1.807) is 22.4 Å². The summed E-state index contributed by atoms with van der Waals surface area (Å²) in [4.78, 5) is 54.4. The van der Waals surface area contributed by atoms with Crippen LogP contribution in [-0.2, 0) is 27.9 Å². The Morgan fingerprint density at radius 1 is 0.917 bits per heavy atom. The second kappa shape index (κ2) is 20.7. The zero-order valence-electron chi connectivity index (χ0n) is 42.4. The Bertz CT molecular complexity index is 2970. The molecule has 4 N–H and O–H groups in total. The average Bonchev–Trinajstić information content (AvgIpc) is 4.10. The third-order valence-electron chi connectivity index (χ3n) is 14.4. The fourth-order valence-corrected chi connectivity index (χ4v) is 11.5. The summed E-state index contributed by atoms with van der Waals surface area (Å²) in [6, 6.07) is 21.5. The maximum Gasteiger partial charge on any atom is 0.246 e. The van der Waals surface area contributed by atoms with Crippen LogP contribution < -0.4 is 20.7 Å². The maximum atomic E-state index is 14.4. The lowest BCUT2D eigenvalue weighted by molar-refractivity contribution is -0.140. The fourth-order valence-electron chi connectivity index (χ4n) is 10.2. The van der Waals surface area contributed by atoms with Crippen LogP contribution in [0.15, 0.2) is 90.2 Å². The molecule has 2 unspecified atom stereocenters. The van der Waals surface area contributed by atoms with Crippen molar-refractivity contribution in [2.45, 2.75) is 136 Å². The van der Waals surface area contributed by atoms with E-state index in [0.29, 0.717) is 35.9 Å². The Morgan fingerprint density at radius 2 is 1.61 bits per heavy atom. The Labute approximate surface area is 430 Å². The number of fused-ring (bicyclic) bond motifs is 3. The van der Waals surface area contributed by atoms with E-state index in [1.165, 1.54) is 4.88 Å². The molecule has 3 aromatic heterocycles. The lowest BCUT2D eigenvalue weighted by Gasteiger charge is -2.38. The van der Waals surface area contributed by atoms with Crippen LogP contribution in [0.1, 0.15) is 117 Å². The molecule has 17 heteroatoms. The first-order valence-corrected chi connectivity index (χ1v) is 26.0. The fraction of sp³-hybridized carbons (Fsp3) is 0.436. The number of aromatic nitrogens is 5. The molecule has 0 spiro atoms. The normalized spacial score (nSPS) is 20.8. The molecule has 0 bridgehead atoms. The molecule has 72 heavy (non-hydrogen) atoms. The van der Waals surface area contributed by atoms with Gasteiger partial charge in [0.15, 0.2) is 5.82 Å². The number of aryl methyl sites for hydroxylation is 3. The van der Waals surface area contributed by atoms with E-state index >= 15 is 0 Å². The topological polar surface area (TPSA) is 181 Å². The first-order chi connectivity index (χ1) is 34.3. The number of carbonyl (C=O) groups excluding carboxylic acids is 3. The Balaban J connectivity index is 0.768. The van der Waals surface area contributed by atoms with Crippen molar-refractivity contribution in [1.29, 1.82) is 0 Å². The highest BCUT2D eigenvalue weighted by Crippen LogP contribution is 2.40. The Morgan fingerprint density at radius 3 is 2.28 bits per heavy atom. The van der Waals surface area contributed by atoms with Crippen molar-refractivity contribution >= 4 is 46.4 Å². The zero-order valence-corrected chi connectivity index (χ0v) is 44.0. The summed E-state index contributed by atoms with van der Waals surface area (Å²) in [5.74, 6) is 2.33. The number of imidazole rings is 1. The summed E-state index contributed by atoms with van der Waals surface area (Å²) in [5.41, 5.74) is 6.17. The molecule has 3 aromatic carbocycles. The highest BCUT2D eigenvalue weighted by molar-refractivity contribution is 7.15. The summed E-state index contributed by atoms with van der Waals surface area (Å²) in [6.45, 7) is 16.3. The number of hydrogen-bond acceptors (Lipinski definition) is 11. The van der Waals surface area contributed by atoms with Gasteiger partial charge >= 0.3 is 0 Å². The summed E-state index contributed by atoms with van der Waals surface area (Å²) in [5, 5.41) is 31.4. The first-order valence-electron chi connectivity index (χ1n) is 24.8.